The summed E-state index contributed by atoms with van der Waals surface area (Å²) >= 11 is 0. The minimum absolute atomic E-state index is 0.246. The number of rotatable bonds is 3. The molecule has 2 fully saturated rings. The number of piperidine rings is 1. The van der Waals surface area contributed by atoms with Crippen LogP contribution in [0.3, 0.4) is 0 Å². The van der Waals surface area contributed by atoms with E-state index in [1.165, 1.54) is 51.5 Å². The summed E-state index contributed by atoms with van der Waals surface area (Å²) in [4.78, 5) is 14.1. The van der Waals surface area contributed by atoms with Crippen LogP contribution in [0.25, 0.3) is 0 Å². The molecule has 2 aliphatic rings. The minimum Gasteiger partial charge on any atom is -0.298 e. The van der Waals surface area contributed by atoms with Gasteiger partial charge in [0.1, 0.15) is 5.78 Å². The van der Waals surface area contributed by atoms with Crippen molar-refractivity contribution in [3.05, 3.63) is 0 Å². The molecule has 0 aromatic rings. The third-order valence-corrected chi connectivity index (χ3v) is 4.30. The van der Waals surface area contributed by atoms with Crippen molar-refractivity contribution in [3.63, 3.8) is 0 Å². The van der Waals surface area contributed by atoms with Crippen molar-refractivity contribution < 1.29 is 4.79 Å². The lowest BCUT2D eigenvalue weighted by molar-refractivity contribution is -0.123. The van der Waals surface area contributed by atoms with Crippen molar-refractivity contribution in [1.82, 2.24) is 4.90 Å². The predicted octanol–water partition coefficient (Wildman–Crippen LogP) is 3.01. The van der Waals surface area contributed by atoms with Crippen LogP contribution in [0.1, 0.15) is 58.3 Å². The molecule has 92 valence electrons. The van der Waals surface area contributed by atoms with Crippen LogP contribution in [-0.2, 0) is 4.79 Å². The van der Waals surface area contributed by atoms with Gasteiger partial charge in [-0.05, 0) is 45.1 Å². The van der Waals surface area contributed by atoms with Crippen molar-refractivity contribution in [2.45, 2.75) is 64.3 Å². The van der Waals surface area contributed by atoms with Crippen molar-refractivity contribution >= 4 is 5.78 Å². The SMILES string of the molecule is CC(=O)C1CCCCN1CC1CCCCC1. The third kappa shape index (κ3) is 3.07. The summed E-state index contributed by atoms with van der Waals surface area (Å²) in [5.41, 5.74) is 0. The third-order valence-electron chi connectivity index (χ3n) is 4.30. The van der Waals surface area contributed by atoms with Gasteiger partial charge in [0.25, 0.3) is 0 Å². The van der Waals surface area contributed by atoms with Crippen LogP contribution in [0.5, 0.6) is 0 Å². The molecule has 16 heavy (non-hydrogen) atoms. The van der Waals surface area contributed by atoms with Gasteiger partial charge >= 0.3 is 0 Å². The minimum atomic E-state index is 0.246. The Balaban J connectivity index is 1.87. The maximum absolute atomic E-state index is 11.6. The first kappa shape index (κ1) is 12.1. The monoisotopic (exact) mass is 223 g/mol. The molecular formula is C14H25NO. The highest BCUT2D eigenvalue weighted by molar-refractivity contribution is 5.81. The molecule has 0 aromatic heterocycles. The highest BCUT2D eigenvalue weighted by Gasteiger charge is 2.28. The molecule has 0 aromatic carbocycles. The quantitative estimate of drug-likeness (QED) is 0.733. The number of nitrogens with zero attached hydrogens (tertiary/aromatic N) is 1. The summed E-state index contributed by atoms with van der Waals surface area (Å²) in [5.74, 6) is 1.25. The Morgan fingerprint density at radius 1 is 1.06 bits per heavy atom. The zero-order valence-corrected chi connectivity index (χ0v) is 10.6. The Labute approximate surface area is 99.4 Å². The Bertz CT molecular complexity index is 233. The van der Waals surface area contributed by atoms with E-state index in [-0.39, 0.29) is 6.04 Å². The van der Waals surface area contributed by atoms with Gasteiger partial charge in [0, 0.05) is 6.54 Å². The zero-order valence-electron chi connectivity index (χ0n) is 10.6. The second-order valence-corrected chi connectivity index (χ2v) is 5.62. The van der Waals surface area contributed by atoms with Crippen LogP contribution >= 0.6 is 0 Å². The van der Waals surface area contributed by atoms with Gasteiger partial charge in [-0.15, -0.1) is 0 Å². The molecule has 0 spiro atoms. The first-order valence-corrected chi connectivity index (χ1v) is 7.02. The van der Waals surface area contributed by atoms with Gasteiger partial charge in [-0.3, -0.25) is 9.69 Å². The summed E-state index contributed by atoms with van der Waals surface area (Å²) in [5, 5.41) is 0. The van der Waals surface area contributed by atoms with Crippen molar-refractivity contribution in [2.75, 3.05) is 13.1 Å². The Kier molecular flexibility index (Phi) is 4.39. The van der Waals surface area contributed by atoms with Crippen molar-refractivity contribution in [1.29, 1.82) is 0 Å². The highest BCUT2D eigenvalue weighted by atomic mass is 16.1. The van der Waals surface area contributed by atoms with E-state index in [9.17, 15) is 4.79 Å². The van der Waals surface area contributed by atoms with Gasteiger partial charge in [0.05, 0.1) is 6.04 Å². The molecule has 2 heteroatoms. The van der Waals surface area contributed by atoms with Crippen LogP contribution in [-0.4, -0.2) is 29.8 Å². The molecule has 1 aliphatic heterocycles. The van der Waals surface area contributed by atoms with E-state index in [1.807, 2.05) is 0 Å². The van der Waals surface area contributed by atoms with Gasteiger partial charge in [-0.1, -0.05) is 25.7 Å². The number of carbonyl (C=O) groups excluding carboxylic acids is 1. The van der Waals surface area contributed by atoms with Gasteiger partial charge in [-0.2, -0.15) is 0 Å². The van der Waals surface area contributed by atoms with Crippen LogP contribution < -0.4 is 0 Å². The normalized spacial score (nSPS) is 29.2. The Morgan fingerprint density at radius 3 is 2.44 bits per heavy atom. The van der Waals surface area contributed by atoms with Crippen molar-refractivity contribution in [2.24, 2.45) is 5.92 Å². The zero-order chi connectivity index (χ0) is 11.4. The summed E-state index contributed by atoms with van der Waals surface area (Å²) in [6.45, 7) is 4.11. The molecule has 2 nitrogen and oxygen atoms in total. The summed E-state index contributed by atoms with van der Waals surface area (Å²) < 4.78 is 0. The highest BCUT2D eigenvalue weighted by Crippen LogP contribution is 2.27. The molecular weight excluding hydrogens is 198 g/mol. The Morgan fingerprint density at radius 2 is 1.75 bits per heavy atom. The first-order chi connectivity index (χ1) is 7.77. The van der Waals surface area contributed by atoms with E-state index in [0.29, 0.717) is 5.78 Å². The fourth-order valence-corrected chi connectivity index (χ4v) is 3.37. The molecule has 1 unspecified atom stereocenters. The molecule has 0 N–H and O–H groups in total. The topological polar surface area (TPSA) is 20.3 Å². The van der Waals surface area contributed by atoms with E-state index >= 15 is 0 Å². The lowest BCUT2D eigenvalue weighted by Crippen LogP contribution is -2.46. The fraction of sp³-hybridized carbons (Fsp3) is 0.929. The van der Waals surface area contributed by atoms with Crippen LogP contribution in [0, 0.1) is 5.92 Å². The summed E-state index contributed by atoms with van der Waals surface area (Å²) in [6, 6.07) is 0.246. The predicted molar refractivity (Wildman–Crippen MR) is 66.5 cm³/mol. The summed E-state index contributed by atoms with van der Waals surface area (Å²) in [7, 11) is 0. The number of carbonyl (C=O) groups is 1. The summed E-state index contributed by atoms with van der Waals surface area (Å²) in [6.07, 6.45) is 10.6. The van der Waals surface area contributed by atoms with E-state index in [0.717, 1.165) is 18.9 Å². The van der Waals surface area contributed by atoms with Gasteiger partial charge in [0.15, 0.2) is 0 Å². The number of ketones is 1. The maximum atomic E-state index is 11.6. The number of likely N-dealkylation sites (tertiary alicyclic amines) is 1. The molecule has 2 rings (SSSR count). The van der Waals surface area contributed by atoms with Gasteiger partial charge in [-0.25, -0.2) is 0 Å². The fourth-order valence-electron chi connectivity index (χ4n) is 3.37. The van der Waals surface area contributed by atoms with Gasteiger partial charge < -0.3 is 0 Å². The smallest absolute Gasteiger partial charge is 0.146 e. The number of Topliss-reactive ketones (excluding diaryl/α,β-unsaturated/α-hetero) is 1. The maximum Gasteiger partial charge on any atom is 0.146 e. The average molecular weight is 223 g/mol. The average Bonchev–Trinajstić information content (AvgIpc) is 2.31. The Hall–Kier alpha value is -0.370. The van der Waals surface area contributed by atoms with Crippen molar-refractivity contribution in [3.8, 4) is 0 Å². The molecule has 0 radical (unpaired) electrons. The van der Waals surface area contributed by atoms with E-state index < -0.39 is 0 Å². The van der Waals surface area contributed by atoms with Crippen LogP contribution in [0.2, 0.25) is 0 Å². The van der Waals surface area contributed by atoms with E-state index in [2.05, 4.69) is 4.90 Å². The first-order valence-electron chi connectivity index (χ1n) is 7.02. The molecule has 0 amide bonds. The second kappa shape index (κ2) is 5.81. The number of hydrogen-bond donors (Lipinski definition) is 0. The largest absolute Gasteiger partial charge is 0.298 e. The standard InChI is InChI=1S/C14H25NO/c1-12(16)14-9-5-6-10-15(14)11-13-7-3-2-4-8-13/h13-14H,2-11H2,1H3. The van der Waals surface area contributed by atoms with Crippen LogP contribution in [0.15, 0.2) is 0 Å². The number of hydrogen-bond acceptors (Lipinski definition) is 2. The molecule has 1 atom stereocenters. The molecule has 1 aliphatic carbocycles. The molecule has 1 saturated carbocycles. The lowest BCUT2D eigenvalue weighted by atomic mass is 9.87. The lowest BCUT2D eigenvalue weighted by Gasteiger charge is -2.37. The van der Waals surface area contributed by atoms with Crippen LogP contribution in [0.4, 0.5) is 0 Å². The van der Waals surface area contributed by atoms with Gasteiger partial charge in [0.2, 0.25) is 0 Å². The second-order valence-electron chi connectivity index (χ2n) is 5.62. The molecule has 0 bridgehead atoms. The molecule has 1 heterocycles. The van der Waals surface area contributed by atoms with E-state index in [4.69, 9.17) is 0 Å². The van der Waals surface area contributed by atoms with E-state index in [1.54, 1.807) is 6.92 Å². The molecule has 1 saturated heterocycles.